The number of nitrogens with two attached hydrogens (primary N) is 1. The van der Waals surface area contributed by atoms with Crippen LogP contribution in [0.15, 0.2) is 18.3 Å². The monoisotopic (exact) mass is 277 g/mol. The molecule has 7 heteroatoms. The van der Waals surface area contributed by atoms with E-state index in [1.165, 1.54) is 11.3 Å². The van der Waals surface area contributed by atoms with Crippen molar-refractivity contribution in [2.24, 2.45) is 0 Å². The fourth-order valence-corrected chi connectivity index (χ4v) is 2.30. The lowest BCUT2D eigenvalue weighted by Crippen LogP contribution is -2.23. The fourth-order valence-electron chi connectivity index (χ4n) is 1.55. The highest BCUT2D eigenvalue weighted by Crippen LogP contribution is 2.24. The number of aromatic nitrogens is 2. The third kappa shape index (κ3) is 3.00. The second-order valence-electron chi connectivity index (χ2n) is 3.93. The topological polar surface area (TPSA) is 92.9 Å². The average Bonchev–Trinajstić information content (AvgIpc) is 2.79. The van der Waals surface area contributed by atoms with Crippen LogP contribution in [0.1, 0.15) is 20.9 Å². The predicted molar refractivity (Wildman–Crippen MR) is 76.2 cm³/mol. The summed E-state index contributed by atoms with van der Waals surface area (Å²) < 4.78 is 0. The number of hydrogen-bond donors (Lipinski definition) is 3. The molecule has 0 fully saturated rings. The van der Waals surface area contributed by atoms with Crippen LogP contribution >= 0.6 is 11.3 Å². The quantitative estimate of drug-likeness (QED) is 0.785. The van der Waals surface area contributed by atoms with Gasteiger partial charge >= 0.3 is 0 Å². The Kier molecular flexibility index (Phi) is 3.96. The third-order valence-electron chi connectivity index (χ3n) is 2.61. The van der Waals surface area contributed by atoms with E-state index >= 15 is 0 Å². The molecule has 0 spiro atoms. The Balaban J connectivity index is 2.05. The third-order valence-corrected chi connectivity index (χ3v) is 3.70. The van der Waals surface area contributed by atoms with Gasteiger partial charge in [0.1, 0.15) is 10.7 Å². The van der Waals surface area contributed by atoms with Gasteiger partial charge in [0.15, 0.2) is 5.13 Å². The van der Waals surface area contributed by atoms with Crippen molar-refractivity contribution in [1.82, 2.24) is 15.3 Å². The maximum atomic E-state index is 12.0. The Labute approximate surface area is 115 Å². The lowest BCUT2D eigenvalue weighted by atomic mass is 10.2. The van der Waals surface area contributed by atoms with Gasteiger partial charge in [-0.15, -0.1) is 0 Å². The number of anilines is 2. The van der Waals surface area contributed by atoms with E-state index in [1.807, 2.05) is 19.1 Å². The Morgan fingerprint density at radius 3 is 2.95 bits per heavy atom. The summed E-state index contributed by atoms with van der Waals surface area (Å²) in [5.74, 6) is 0.00569. The number of amides is 1. The molecule has 0 aliphatic rings. The molecule has 0 saturated heterocycles. The van der Waals surface area contributed by atoms with E-state index in [2.05, 4.69) is 20.6 Å². The van der Waals surface area contributed by atoms with Crippen molar-refractivity contribution in [2.45, 2.75) is 13.5 Å². The maximum Gasteiger partial charge on any atom is 0.265 e. The molecule has 1 amide bonds. The second-order valence-corrected chi connectivity index (χ2v) is 4.93. The number of nitrogens with one attached hydrogen (secondary N) is 2. The van der Waals surface area contributed by atoms with E-state index in [1.54, 1.807) is 13.2 Å². The maximum absolute atomic E-state index is 12.0. The van der Waals surface area contributed by atoms with Crippen molar-refractivity contribution < 1.29 is 4.79 Å². The lowest BCUT2D eigenvalue weighted by molar-refractivity contribution is 0.0955. The molecule has 0 atom stereocenters. The van der Waals surface area contributed by atoms with Gasteiger partial charge in [-0.05, 0) is 18.6 Å². The first-order valence-corrected chi connectivity index (χ1v) is 6.56. The molecule has 100 valence electrons. The molecule has 0 aromatic carbocycles. The Morgan fingerprint density at radius 1 is 1.53 bits per heavy atom. The van der Waals surface area contributed by atoms with Gasteiger partial charge in [-0.3, -0.25) is 9.78 Å². The summed E-state index contributed by atoms with van der Waals surface area (Å²) in [4.78, 5) is 20.7. The minimum Gasteiger partial charge on any atom is -0.382 e. The predicted octanol–water partition coefficient (Wildman–Crippen LogP) is 1.40. The van der Waals surface area contributed by atoms with Gasteiger partial charge in [0.25, 0.3) is 5.91 Å². The molecule has 0 unspecified atom stereocenters. The fraction of sp³-hybridized carbons (Fsp3) is 0.250. The Hall–Kier alpha value is -2.15. The largest absolute Gasteiger partial charge is 0.382 e. The normalized spacial score (nSPS) is 10.2. The zero-order chi connectivity index (χ0) is 13.8. The van der Waals surface area contributed by atoms with Crippen LogP contribution in [0.2, 0.25) is 0 Å². The molecule has 2 aromatic rings. The van der Waals surface area contributed by atoms with Crippen LogP contribution in [-0.2, 0) is 6.54 Å². The molecule has 2 heterocycles. The molecule has 19 heavy (non-hydrogen) atoms. The number of aryl methyl sites for hydroxylation is 1. The van der Waals surface area contributed by atoms with Gasteiger partial charge in [0, 0.05) is 13.2 Å². The average molecular weight is 277 g/mol. The highest BCUT2D eigenvalue weighted by Gasteiger charge is 2.15. The molecule has 0 aliphatic carbocycles. The minimum atomic E-state index is -0.235. The van der Waals surface area contributed by atoms with Gasteiger partial charge in [-0.2, -0.15) is 0 Å². The van der Waals surface area contributed by atoms with Gasteiger partial charge in [0.05, 0.1) is 12.2 Å². The minimum absolute atomic E-state index is 0.235. The summed E-state index contributed by atoms with van der Waals surface area (Å²) in [5, 5.41) is 6.28. The molecule has 2 aromatic heterocycles. The van der Waals surface area contributed by atoms with Crippen molar-refractivity contribution >= 4 is 28.2 Å². The zero-order valence-electron chi connectivity index (χ0n) is 10.7. The summed E-state index contributed by atoms with van der Waals surface area (Å²) in [6, 6.07) is 3.82. The molecule has 0 aliphatic heterocycles. The highest BCUT2D eigenvalue weighted by atomic mass is 32.1. The molecule has 0 radical (unpaired) electrons. The van der Waals surface area contributed by atoms with Crippen molar-refractivity contribution in [2.75, 3.05) is 18.1 Å². The molecule has 0 bridgehead atoms. The van der Waals surface area contributed by atoms with Crippen molar-refractivity contribution in [3.8, 4) is 0 Å². The van der Waals surface area contributed by atoms with Crippen LogP contribution in [0.4, 0.5) is 10.9 Å². The summed E-state index contributed by atoms with van der Waals surface area (Å²) in [7, 11) is 1.73. The molecular formula is C12H15N5OS. The Morgan fingerprint density at radius 2 is 2.32 bits per heavy atom. The first-order valence-electron chi connectivity index (χ1n) is 5.74. The first-order chi connectivity index (χ1) is 9.11. The Bertz CT molecular complexity index is 596. The number of pyridine rings is 1. The van der Waals surface area contributed by atoms with Crippen molar-refractivity contribution in [3.63, 3.8) is 0 Å². The van der Waals surface area contributed by atoms with E-state index in [-0.39, 0.29) is 11.7 Å². The van der Waals surface area contributed by atoms with Crippen LogP contribution < -0.4 is 16.4 Å². The molecule has 2 rings (SSSR count). The van der Waals surface area contributed by atoms with E-state index in [0.717, 1.165) is 11.3 Å². The SMILES string of the molecule is CNc1nc(N)c(C(=O)NCc2ncccc2C)s1. The standard InChI is InChI=1S/C12H15N5OS/c1-7-4-3-5-15-8(7)6-16-11(18)9-10(13)17-12(14-2)19-9/h3-5H,6,13H2,1-2H3,(H,14,17)(H,16,18). The van der Waals surface area contributed by atoms with E-state index in [4.69, 9.17) is 5.73 Å². The number of hydrogen-bond acceptors (Lipinski definition) is 6. The van der Waals surface area contributed by atoms with E-state index in [0.29, 0.717) is 16.6 Å². The summed E-state index contributed by atoms with van der Waals surface area (Å²) >= 11 is 1.23. The van der Waals surface area contributed by atoms with Crippen molar-refractivity contribution in [1.29, 1.82) is 0 Å². The van der Waals surface area contributed by atoms with Crippen LogP contribution in [0, 0.1) is 6.92 Å². The van der Waals surface area contributed by atoms with Gasteiger partial charge in [-0.25, -0.2) is 4.98 Å². The van der Waals surface area contributed by atoms with Crippen molar-refractivity contribution in [3.05, 3.63) is 34.5 Å². The number of nitrogens with zero attached hydrogens (tertiary/aromatic N) is 2. The summed E-state index contributed by atoms with van der Waals surface area (Å²) in [6.45, 7) is 2.33. The highest BCUT2D eigenvalue weighted by molar-refractivity contribution is 7.18. The second kappa shape index (κ2) is 5.66. The van der Waals surface area contributed by atoms with Crippen LogP contribution in [0.5, 0.6) is 0 Å². The summed E-state index contributed by atoms with van der Waals surface area (Å²) in [5.41, 5.74) is 7.58. The van der Waals surface area contributed by atoms with E-state index in [9.17, 15) is 4.79 Å². The van der Waals surface area contributed by atoms with Gasteiger partial charge < -0.3 is 16.4 Å². The van der Waals surface area contributed by atoms with Gasteiger partial charge in [0.2, 0.25) is 0 Å². The van der Waals surface area contributed by atoms with Gasteiger partial charge in [-0.1, -0.05) is 17.4 Å². The summed E-state index contributed by atoms with van der Waals surface area (Å²) in [6.07, 6.45) is 1.70. The zero-order valence-corrected chi connectivity index (χ0v) is 11.5. The number of nitrogen functional groups attached to an aromatic ring is 1. The number of thiazole rings is 1. The van der Waals surface area contributed by atoms with Crippen LogP contribution in [0.25, 0.3) is 0 Å². The smallest absolute Gasteiger partial charge is 0.265 e. The molecule has 4 N–H and O–H groups in total. The molecule has 0 saturated carbocycles. The first kappa shape index (κ1) is 13.3. The molecule has 6 nitrogen and oxygen atoms in total. The van der Waals surface area contributed by atoms with Crippen LogP contribution in [0.3, 0.4) is 0 Å². The lowest BCUT2D eigenvalue weighted by Gasteiger charge is -2.05. The number of carbonyl (C=O) groups excluding carboxylic acids is 1. The number of rotatable bonds is 4. The molecular weight excluding hydrogens is 262 g/mol. The van der Waals surface area contributed by atoms with Crippen LogP contribution in [-0.4, -0.2) is 22.9 Å². The van der Waals surface area contributed by atoms with E-state index < -0.39 is 0 Å². The number of carbonyl (C=O) groups is 1.